The highest BCUT2D eigenvalue weighted by Crippen LogP contribution is 2.19. The van der Waals surface area contributed by atoms with Gasteiger partial charge in [-0.2, -0.15) is 0 Å². The molecule has 14 heavy (non-hydrogen) atoms. The Labute approximate surface area is 90.2 Å². The van der Waals surface area contributed by atoms with Crippen LogP contribution in [0.15, 0.2) is 0 Å². The highest BCUT2D eigenvalue weighted by atomic mass is 28.4. The van der Waals surface area contributed by atoms with Gasteiger partial charge in [0.15, 0.2) is 0 Å². The van der Waals surface area contributed by atoms with Crippen LogP contribution < -0.4 is 0 Å². The van der Waals surface area contributed by atoms with Gasteiger partial charge in [-0.25, -0.2) is 0 Å². The van der Waals surface area contributed by atoms with Crippen LogP contribution in [0, 0.1) is 5.92 Å². The molecule has 0 aliphatic rings. The summed E-state index contributed by atoms with van der Waals surface area (Å²) in [6.45, 7) is 12.6. The van der Waals surface area contributed by atoms with Gasteiger partial charge in [-0.05, 0) is 31.4 Å². The first-order chi connectivity index (χ1) is 6.54. The molecule has 0 unspecified atom stereocenters. The van der Waals surface area contributed by atoms with Gasteiger partial charge < -0.3 is 8.85 Å². The molecule has 0 aromatic heterocycles. The third kappa shape index (κ3) is 6.57. The summed E-state index contributed by atoms with van der Waals surface area (Å²) in [4.78, 5) is 0. The molecule has 0 saturated carbocycles. The zero-order valence-corrected chi connectivity index (χ0v) is 11.4. The van der Waals surface area contributed by atoms with Crippen molar-refractivity contribution in [1.82, 2.24) is 0 Å². The minimum Gasteiger partial charge on any atom is -0.394 e. The highest BCUT2D eigenvalue weighted by Gasteiger charge is 2.31. The van der Waals surface area contributed by atoms with E-state index in [1.165, 1.54) is 0 Å². The minimum atomic E-state index is -1.85. The first kappa shape index (κ1) is 14.1. The smallest absolute Gasteiger partial charge is 0.335 e. The first-order valence-corrected chi connectivity index (χ1v) is 8.34. The van der Waals surface area contributed by atoms with Gasteiger partial charge in [-0.1, -0.05) is 27.7 Å². The molecular weight excluding hydrogens is 192 g/mol. The van der Waals surface area contributed by atoms with Crippen molar-refractivity contribution >= 4 is 8.56 Å². The number of hydrogen-bond donors (Lipinski definition) is 0. The number of rotatable bonds is 8. The zero-order valence-electron chi connectivity index (χ0n) is 10.4. The van der Waals surface area contributed by atoms with Crippen molar-refractivity contribution in [3.63, 3.8) is 0 Å². The molecule has 2 nitrogen and oxygen atoms in total. The van der Waals surface area contributed by atoms with Crippen molar-refractivity contribution in [2.45, 2.75) is 53.1 Å². The molecular formula is C11H26O2Si. The molecule has 0 aliphatic heterocycles. The molecule has 0 amide bonds. The Kier molecular flexibility index (Phi) is 7.50. The van der Waals surface area contributed by atoms with E-state index in [1.54, 1.807) is 0 Å². The van der Waals surface area contributed by atoms with Crippen LogP contribution in [0.1, 0.15) is 40.5 Å². The van der Waals surface area contributed by atoms with E-state index in [-0.39, 0.29) is 0 Å². The average Bonchev–Trinajstić information content (AvgIpc) is 2.11. The molecule has 0 rings (SSSR count). The van der Waals surface area contributed by atoms with Crippen LogP contribution in [0.5, 0.6) is 0 Å². The van der Waals surface area contributed by atoms with E-state index in [1.807, 2.05) is 0 Å². The van der Waals surface area contributed by atoms with Gasteiger partial charge in [0.1, 0.15) is 0 Å². The normalized spacial score (nSPS) is 12.4. The van der Waals surface area contributed by atoms with E-state index in [4.69, 9.17) is 8.85 Å². The standard InChI is InChI=1S/C11H26O2Si/c1-6-8-12-14(5,10-11(3)4)13-9-7-2/h11H,6-10H2,1-5H3. The van der Waals surface area contributed by atoms with Gasteiger partial charge in [-0.3, -0.25) is 0 Å². The van der Waals surface area contributed by atoms with Crippen molar-refractivity contribution < 1.29 is 8.85 Å². The summed E-state index contributed by atoms with van der Waals surface area (Å²) in [5.41, 5.74) is 0. The molecule has 86 valence electrons. The summed E-state index contributed by atoms with van der Waals surface area (Å²) in [6, 6.07) is 1.10. The predicted molar refractivity (Wildman–Crippen MR) is 63.7 cm³/mol. The summed E-state index contributed by atoms with van der Waals surface area (Å²) >= 11 is 0. The van der Waals surface area contributed by atoms with Crippen LogP contribution in [-0.4, -0.2) is 21.8 Å². The third-order valence-electron chi connectivity index (χ3n) is 2.00. The molecule has 0 saturated heterocycles. The van der Waals surface area contributed by atoms with Gasteiger partial charge in [0.25, 0.3) is 0 Å². The van der Waals surface area contributed by atoms with E-state index < -0.39 is 8.56 Å². The van der Waals surface area contributed by atoms with Crippen LogP contribution in [0.2, 0.25) is 12.6 Å². The Balaban J connectivity index is 4.03. The molecule has 0 spiro atoms. The van der Waals surface area contributed by atoms with Crippen molar-refractivity contribution in [3.8, 4) is 0 Å². The summed E-state index contributed by atoms with van der Waals surface area (Å²) in [5, 5.41) is 0. The Hall–Kier alpha value is 0.137. The molecule has 0 aromatic rings. The Morgan fingerprint density at radius 2 is 1.43 bits per heavy atom. The maximum atomic E-state index is 5.91. The molecule has 0 N–H and O–H groups in total. The first-order valence-electron chi connectivity index (χ1n) is 5.82. The van der Waals surface area contributed by atoms with Gasteiger partial charge in [0, 0.05) is 13.2 Å². The maximum Gasteiger partial charge on any atom is 0.335 e. The largest absolute Gasteiger partial charge is 0.394 e. The minimum absolute atomic E-state index is 0.667. The molecule has 0 fully saturated rings. The zero-order chi connectivity index (χ0) is 11.0. The quantitative estimate of drug-likeness (QED) is 0.580. The van der Waals surface area contributed by atoms with Crippen molar-refractivity contribution in [2.75, 3.05) is 13.2 Å². The summed E-state index contributed by atoms with van der Waals surface area (Å²) in [7, 11) is -1.85. The van der Waals surface area contributed by atoms with Gasteiger partial charge in [-0.15, -0.1) is 0 Å². The van der Waals surface area contributed by atoms with Crippen molar-refractivity contribution in [3.05, 3.63) is 0 Å². The second kappa shape index (κ2) is 7.43. The maximum absolute atomic E-state index is 5.91. The monoisotopic (exact) mass is 218 g/mol. The van der Waals surface area contributed by atoms with Crippen LogP contribution in [0.25, 0.3) is 0 Å². The van der Waals surface area contributed by atoms with Gasteiger partial charge in [0.2, 0.25) is 0 Å². The third-order valence-corrected chi connectivity index (χ3v) is 5.19. The number of hydrogen-bond acceptors (Lipinski definition) is 2. The van der Waals surface area contributed by atoms with Gasteiger partial charge >= 0.3 is 8.56 Å². The van der Waals surface area contributed by atoms with Crippen molar-refractivity contribution in [1.29, 1.82) is 0 Å². The van der Waals surface area contributed by atoms with E-state index in [9.17, 15) is 0 Å². The summed E-state index contributed by atoms with van der Waals surface area (Å²) in [6.07, 6.45) is 2.16. The Morgan fingerprint density at radius 1 is 1.00 bits per heavy atom. The van der Waals surface area contributed by atoms with Crippen LogP contribution >= 0.6 is 0 Å². The van der Waals surface area contributed by atoms with Gasteiger partial charge in [0.05, 0.1) is 0 Å². The average molecular weight is 218 g/mol. The van der Waals surface area contributed by atoms with Crippen LogP contribution in [0.4, 0.5) is 0 Å². The highest BCUT2D eigenvalue weighted by molar-refractivity contribution is 6.66. The lowest BCUT2D eigenvalue weighted by atomic mass is 10.3. The molecule has 0 aliphatic carbocycles. The molecule has 0 atom stereocenters. The lowest BCUT2D eigenvalue weighted by molar-refractivity contribution is 0.170. The molecule has 0 radical (unpaired) electrons. The molecule has 0 heterocycles. The van der Waals surface area contributed by atoms with E-state index in [0.717, 1.165) is 32.1 Å². The fraction of sp³-hybridized carbons (Fsp3) is 1.00. The molecule has 0 bridgehead atoms. The fourth-order valence-corrected chi connectivity index (χ4v) is 4.61. The second-order valence-electron chi connectivity index (χ2n) is 4.43. The van der Waals surface area contributed by atoms with E-state index in [0.29, 0.717) is 5.92 Å². The van der Waals surface area contributed by atoms with E-state index in [2.05, 4.69) is 34.2 Å². The summed E-state index contributed by atoms with van der Waals surface area (Å²) < 4.78 is 11.8. The van der Waals surface area contributed by atoms with Crippen LogP contribution in [0.3, 0.4) is 0 Å². The fourth-order valence-electron chi connectivity index (χ4n) is 1.54. The van der Waals surface area contributed by atoms with Crippen LogP contribution in [-0.2, 0) is 8.85 Å². The Bertz CT molecular complexity index is 129. The lowest BCUT2D eigenvalue weighted by Crippen LogP contribution is -2.40. The molecule has 0 aromatic carbocycles. The Morgan fingerprint density at radius 3 is 1.71 bits per heavy atom. The lowest BCUT2D eigenvalue weighted by Gasteiger charge is -2.28. The SMILES string of the molecule is CCCO[Si](C)(CC(C)C)OCCC. The topological polar surface area (TPSA) is 18.5 Å². The predicted octanol–water partition coefficient (Wildman–Crippen LogP) is 3.57. The molecule has 3 heteroatoms. The van der Waals surface area contributed by atoms with E-state index >= 15 is 0 Å². The second-order valence-corrected chi connectivity index (χ2v) is 7.68. The van der Waals surface area contributed by atoms with Crippen molar-refractivity contribution in [2.24, 2.45) is 5.92 Å². The summed E-state index contributed by atoms with van der Waals surface area (Å²) in [5.74, 6) is 0.667.